The van der Waals surface area contributed by atoms with Gasteiger partial charge in [0, 0.05) is 7.05 Å². The number of hydrogen-bond acceptors (Lipinski definition) is 4. The van der Waals surface area contributed by atoms with Gasteiger partial charge >= 0.3 is 0 Å². The van der Waals surface area contributed by atoms with E-state index in [1.165, 1.54) is 10.4 Å². The van der Waals surface area contributed by atoms with Gasteiger partial charge in [-0.25, -0.2) is 10.8 Å². The summed E-state index contributed by atoms with van der Waals surface area (Å²) in [7, 11) is 1.83. The Morgan fingerprint density at radius 1 is 1.25 bits per heavy atom. The molecule has 0 aliphatic heterocycles. The highest BCUT2D eigenvalue weighted by atomic mass is 35.5. The number of nitrogens with zero attached hydrogens (tertiary/aromatic N) is 2. The normalized spacial score (nSPS) is 9.69. The summed E-state index contributed by atoms with van der Waals surface area (Å²) in [5.41, 5.74) is 5.14. The summed E-state index contributed by atoms with van der Waals surface area (Å²) in [6, 6.07) is 8.15. The molecule has 1 heterocycles. The molecular weight excluding hydrogens is 242 g/mol. The second-order valence-corrected chi connectivity index (χ2v) is 4.28. The van der Waals surface area contributed by atoms with Crippen LogP contribution in [0.4, 0.5) is 5.69 Å². The molecule has 86 valence electrons. The van der Waals surface area contributed by atoms with E-state index in [9.17, 15) is 0 Å². The Kier molecular flexibility index (Phi) is 4.29. The summed E-state index contributed by atoms with van der Waals surface area (Å²) in [4.78, 5) is 5.46. The van der Waals surface area contributed by atoms with E-state index in [1.807, 2.05) is 31.6 Å². The summed E-state index contributed by atoms with van der Waals surface area (Å²) in [6.07, 6.45) is 0. The number of rotatable bonds is 2. The van der Waals surface area contributed by atoms with Crippen molar-refractivity contribution in [3.63, 3.8) is 0 Å². The predicted octanol–water partition coefficient (Wildman–Crippen LogP) is 2.85. The molecule has 0 saturated carbocycles. The first-order valence-corrected chi connectivity index (χ1v) is 5.55. The van der Waals surface area contributed by atoms with Crippen LogP contribution in [-0.2, 0) is 0 Å². The first-order valence-electron chi connectivity index (χ1n) is 4.67. The molecule has 0 amide bonds. The van der Waals surface area contributed by atoms with E-state index in [0.717, 1.165) is 11.4 Å². The maximum absolute atomic E-state index is 5.64. The Bertz CT molecular complexity index is 451. The Balaban J connectivity index is 0.00000128. The summed E-state index contributed by atoms with van der Waals surface area (Å²) in [6.45, 7) is 2.02. The minimum atomic E-state index is 0. The lowest BCUT2D eigenvalue weighted by Gasteiger charge is -2.11. The molecule has 3 nitrogen and oxygen atoms in total. The van der Waals surface area contributed by atoms with Gasteiger partial charge in [0.25, 0.3) is 0 Å². The Morgan fingerprint density at radius 2 is 1.88 bits per heavy atom. The number of aryl methyl sites for hydroxylation is 1. The topological polar surface area (TPSA) is 42.2 Å². The van der Waals surface area contributed by atoms with Gasteiger partial charge in [-0.2, -0.15) is 0 Å². The number of anilines is 1. The quantitative estimate of drug-likeness (QED) is 0.663. The number of hydrogen-bond donors (Lipinski definition) is 1. The van der Waals surface area contributed by atoms with Gasteiger partial charge in [-0.1, -0.05) is 12.1 Å². The SMILES string of the molecule is Cc1ncsc1-c1ccc(N(C)N)cc1.Cl. The van der Waals surface area contributed by atoms with Gasteiger partial charge in [-0.15, -0.1) is 23.7 Å². The van der Waals surface area contributed by atoms with Crippen LogP contribution in [0.15, 0.2) is 29.8 Å². The van der Waals surface area contributed by atoms with E-state index in [4.69, 9.17) is 5.84 Å². The molecule has 0 atom stereocenters. The van der Waals surface area contributed by atoms with Crippen LogP contribution >= 0.6 is 23.7 Å². The highest BCUT2D eigenvalue weighted by Gasteiger charge is 2.04. The van der Waals surface area contributed by atoms with Crippen LogP contribution < -0.4 is 10.9 Å². The number of aromatic nitrogens is 1. The van der Waals surface area contributed by atoms with E-state index in [1.54, 1.807) is 16.3 Å². The maximum atomic E-state index is 5.64. The maximum Gasteiger partial charge on any atom is 0.0801 e. The summed E-state index contributed by atoms with van der Waals surface area (Å²) in [5, 5.41) is 1.60. The van der Waals surface area contributed by atoms with E-state index < -0.39 is 0 Å². The molecule has 5 heteroatoms. The highest BCUT2D eigenvalue weighted by molar-refractivity contribution is 7.13. The standard InChI is InChI=1S/C11H13N3S.ClH/c1-8-11(15-7-13-8)9-3-5-10(6-4-9)14(2)12;/h3-7H,12H2,1-2H3;1H. The van der Waals surface area contributed by atoms with Crippen LogP contribution in [0.2, 0.25) is 0 Å². The molecule has 2 aromatic rings. The number of hydrazine groups is 1. The van der Waals surface area contributed by atoms with Crippen LogP contribution in [0.25, 0.3) is 10.4 Å². The molecule has 0 fully saturated rings. The van der Waals surface area contributed by atoms with Crippen LogP contribution in [0, 0.1) is 6.92 Å². The number of benzene rings is 1. The van der Waals surface area contributed by atoms with Crippen molar-refractivity contribution in [1.29, 1.82) is 0 Å². The minimum Gasteiger partial charge on any atom is -0.314 e. The van der Waals surface area contributed by atoms with Gasteiger partial charge in [0.2, 0.25) is 0 Å². The van der Waals surface area contributed by atoms with E-state index in [-0.39, 0.29) is 12.4 Å². The molecule has 2 rings (SSSR count). The summed E-state index contributed by atoms with van der Waals surface area (Å²) in [5.74, 6) is 5.64. The molecule has 0 unspecified atom stereocenters. The molecule has 0 bridgehead atoms. The van der Waals surface area contributed by atoms with Crippen LogP contribution in [0.5, 0.6) is 0 Å². The summed E-state index contributed by atoms with van der Waals surface area (Å²) < 4.78 is 0. The van der Waals surface area contributed by atoms with Crippen molar-refractivity contribution >= 4 is 29.4 Å². The first kappa shape index (κ1) is 13.0. The molecule has 1 aromatic heterocycles. The molecule has 0 spiro atoms. The Hall–Kier alpha value is -1.10. The average Bonchev–Trinajstić information content (AvgIpc) is 2.65. The van der Waals surface area contributed by atoms with Crippen LogP contribution in [0.3, 0.4) is 0 Å². The molecule has 0 aliphatic carbocycles. The molecule has 2 N–H and O–H groups in total. The first-order chi connectivity index (χ1) is 7.18. The van der Waals surface area contributed by atoms with Crippen molar-refractivity contribution in [3.05, 3.63) is 35.5 Å². The largest absolute Gasteiger partial charge is 0.314 e. The van der Waals surface area contributed by atoms with Crippen LogP contribution in [-0.4, -0.2) is 12.0 Å². The fourth-order valence-corrected chi connectivity index (χ4v) is 2.24. The third-order valence-electron chi connectivity index (χ3n) is 2.28. The Morgan fingerprint density at radius 3 is 2.31 bits per heavy atom. The second-order valence-electron chi connectivity index (χ2n) is 3.42. The smallest absolute Gasteiger partial charge is 0.0801 e. The third kappa shape index (κ3) is 2.52. The van der Waals surface area contributed by atoms with Gasteiger partial charge in [0.15, 0.2) is 0 Å². The summed E-state index contributed by atoms with van der Waals surface area (Å²) >= 11 is 1.66. The minimum absolute atomic E-state index is 0. The lowest BCUT2D eigenvalue weighted by molar-refractivity contribution is 1.02. The highest BCUT2D eigenvalue weighted by Crippen LogP contribution is 2.28. The molecule has 1 aromatic carbocycles. The van der Waals surface area contributed by atoms with E-state index in [0.29, 0.717) is 0 Å². The molecule has 0 radical (unpaired) electrons. The lowest BCUT2D eigenvalue weighted by Crippen LogP contribution is -2.24. The van der Waals surface area contributed by atoms with Crippen molar-refractivity contribution in [2.45, 2.75) is 6.92 Å². The number of halogens is 1. The zero-order valence-corrected chi connectivity index (χ0v) is 10.8. The molecule has 0 saturated heterocycles. The predicted molar refractivity (Wildman–Crippen MR) is 72.1 cm³/mol. The molecular formula is C11H14ClN3S. The van der Waals surface area contributed by atoms with Crippen molar-refractivity contribution < 1.29 is 0 Å². The van der Waals surface area contributed by atoms with Crippen molar-refractivity contribution in [1.82, 2.24) is 4.98 Å². The third-order valence-corrected chi connectivity index (χ3v) is 3.26. The monoisotopic (exact) mass is 255 g/mol. The molecule has 16 heavy (non-hydrogen) atoms. The zero-order chi connectivity index (χ0) is 10.8. The van der Waals surface area contributed by atoms with Crippen molar-refractivity contribution in [3.8, 4) is 10.4 Å². The van der Waals surface area contributed by atoms with Crippen molar-refractivity contribution in [2.75, 3.05) is 12.1 Å². The molecule has 0 aliphatic rings. The fourth-order valence-electron chi connectivity index (χ4n) is 1.43. The van der Waals surface area contributed by atoms with Gasteiger partial charge in [0.1, 0.15) is 0 Å². The van der Waals surface area contributed by atoms with Crippen LogP contribution in [0.1, 0.15) is 5.69 Å². The van der Waals surface area contributed by atoms with Gasteiger partial charge in [-0.05, 0) is 24.6 Å². The zero-order valence-electron chi connectivity index (χ0n) is 9.18. The van der Waals surface area contributed by atoms with Gasteiger partial charge in [-0.3, -0.25) is 0 Å². The average molecular weight is 256 g/mol. The second kappa shape index (κ2) is 5.30. The van der Waals surface area contributed by atoms with Gasteiger partial charge < -0.3 is 5.01 Å². The van der Waals surface area contributed by atoms with Crippen molar-refractivity contribution in [2.24, 2.45) is 5.84 Å². The fraction of sp³-hybridized carbons (Fsp3) is 0.182. The Labute approximate surface area is 105 Å². The number of thiazole rings is 1. The lowest BCUT2D eigenvalue weighted by atomic mass is 10.1. The van der Waals surface area contributed by atoms with Gasteiger partial charge in [0.05, 0.1) is 21.8 Å². The number of nitrogens with two attached hydrogens (primary N) is 1. The van der Waals surface area contributed by atoms with E-state index >= 15 is 0 Å². The van der Waals surface area contributed by atoms with E-state index in [2.05, 4.69) is 17.1 Å².